The zero-order valence-corrected chi connectivity index (χ0v) is 19.7. The van der Waals surface area contributed by atoms with Gasteiger partial charge in [-0.2, -0.15) is 4.72 Å². The molecule has 0 aliphatic heterocycles. The Hall–Kier alpha value is -3.74. The summed E-state index contributed by atoms with van der Waals surface area (Å²) in [5.41, 5.74) is 3.73. The number of carboxylic acid groups (broad SMARTS) is 1. The number of nitrogens with zero attached hydrogens (tertiary/aromatic N) is 1. The van der Waals surface area contributed by atoms with Crippen molar-refractivity contribution in [3.63, 3.8) is 0 Å². The van der Waals surface area contributed by atoms with Crippen molar-refractivity contribution < 1.29 is 33.6 Å². The Morgan fingerprint density at radius 2 is 1.83 bits per heavy atom. The summed E-state index contributed by atoms with van der Waals surface area (Å²) in [6.07, 6.45) is 3.30. The van der Waals surface area contributed by atoms with Crippen molar-refractivity contribution in [3.05, 3.63) is 76.7 Å². The zero-order valence-electron chi connectivity index (χ0n) is 18.8. The number of quaternary nitrogens is 1. The quantitative estimate of drug-likeness (QED) is 0.249. The number of carbonyl (C=O) groups is 2. The predicted octanol–water partition coefficient (Wildman–Crippen LogP) is -0.138. The van der Waals surface area contributed by atoms with Gasteiger partial charge in [-0.1, -0.05) is 18.2 Å². The highest BCUT2D eigenvalue weighted by molar-refractivity contribution is 7.89. The summed E-state index contributed by atoms with van der Waals surface area (Å²) >= 11 is 0. The van der Waals surface area contributed by atoms with Gasteiger partial charge in [-0.15, -0.1) is 0 Å². The average molecular weight is 504 g/mol. The van der Waals surface area contributed by atoms with Crippen molar-refractivity contribution in [1.82, 2.24) is 14.4 Å². The number of fused-ring (bicyclic) bond motifs is 1. The first-order chi connectivity index (χ1) is 16.7. The van der Waals surface area contributed by atoms with E-state index in [0.717, 1.165) is 25.5 Å². The molecular weight excluding hydrogens is 476 g/mol. The number of rotatable bonds is 12. The lowest BCUT2D eigenvalue weighted by Gasteiger charge is -2.16. The van der Waals surface area contributed by atoms with Crippen LogP contribution in [0.3, 0.4) is 0 Å². The number of amides is 1. The van der Waals surface area contributed by atoms with Crippen LogP contribution in [0.1, 0.15) is 23.2 Å². The molecule has 11 nitrogen and oxygen atoms in total. The number of unbranched alkanes of at least 4 members (excludes halogenated alkanes) is 1. The Kier molecular flexibility index (Phi) is 8.58. The maximum Gasteiger partial charge on any atom is 0.323 e. The van der Waals surface area contributed by atoms with Gasteiger partial charge in [0.2, 0.25) is 10.0 Å². The molecule has 0 fully saturated rings. The summed E-state index contributed by atoms with van der Waals surface area (Å²) in [4.78, 5) is 36.6. The van der Waals surface area contributed by atoms with Crippen LogP contribution in [0.25, 0.3) is 5.52 Å². The number of pyridine rings is 2. The Morgan fingerprint density at radius 3 is 2.51 bits per heavy atom. The smallest absolute Gasteiger partial charge is 0.323 e. The molecule has 1 atom stereocenters. The van der Waals surface area contributed by atoms with Gasteiger partial charge in [-0.3, -0.25) is 18.8 Å². The number of benzene rings is 1. The first-order valence-corrected chi connectivity index (χ1v) is 12.4. The van der Waals surface area contributed by atoms with Crippen molar-refractivity contribution in [2.75, 3.05) is 19.7 Å². The Bertz CT molecular complexity index is 1360. The normalized spacial score (nSPS) is 12.3. The minimum absolute atomic E-state index is 0.000683. The van der Waals surface area contributed by atoms with Gasteiger partial charge < -0.3 is 20.9 Å². The molecule has 6 N–H and O–H groups in total. The van der Waals surface area contributed by atoms with Crippen molar-refractivity contribution in [2.45, 2.75) is 23.8 Å². The number of carboxylic acids is 1. The molecule has 0 radical (unpaired) electrons. The summed E-state index contributed by atoms with van der Waals surface area (Å²) < 4.78 is 34.0. The van der Waals surface area contributed by atoms with Crippen LogP contribution >= 0.6 is 0 Å². The van der Waals surface area contributed by atoms with Crippen molar-refractivity contribution in [3.8, 4) is 5.75 Å². The second kappa shape index (κ2) is 11.6. The highest BCUT2D eigenvalue weighted by atomic mass is 32.2. The molecule has 2 aromatic heterocycles. The van der Waals surface area contributed by atoms with E-state index in [9.17, 15) is 27.9 Å². The van der Waals surface area contributed by atoms with E-state index < -0.39 is 40.0 Å². The van der Waals surface area contributed by atoms with Crippen molar-refractivity contribution in [2.24, 2.45) is 0 Å². The van der Waals surface area contributed by atoms with E-state index >= 15 is 0 Å². The fraction of sp³-hybridized carbons (Fsp3) is 0.261. The van der Waals surface area contributed by atoms with Crippen LogP contribution in [0, 0.1) is 0 Å². The number of hydrogen-bond donors (Lipinski definition) is 4. The third-order valence-corrected chi connectivity index (χ3v) is 6.55. The van der Waals surface area contributed by atoms with Gasteiger partial charge in [-0.05, 0) is 37.1 Å². The number of carbonyl (C=O) groups excluding carboxylic acids is 1. The molecule has 3 aromatic rings. The van der Waals surface area contributed by atoms with Crippen molar-refractivity contribution >= 4 is 27.4 Å². The molecule has 186 valence electrons. The summed E-state index contributed by atoms with van der Waals surface area (Å²) in [5, 5.41) is 11.8. The molecule has 0 bridgehead atoms. The minimum Gasteiger partial charge on any atom is -0.493 e. The molecule has 0 spiro atoms. The lowest BCUT2D eigenvalue weighted by molar-refractivity contribution is -0.368. The highest BCUT2D eigenvalue weighted by Gasteiger charge is 2.26. The maximum atomic E-state index is 12.7. The topological polar surface area (TPSA) is 171 Å². The monoisotopic (exact) mass is 503 g/mol. The van der Waals surface area contributed by atoms with Gasteiger partial charge in [0.15, 0.2) is 0 Å². The standard InChI is InChI=1S/C23H26N4O7S/c24-9-4-5-11-34-18-8-10-27-17(14-18)12-16(13-21(27)28)22(29)25-15-20(23(30)31)26-35(32,33)19-6-2-1-3-7-19/h1-3,6-8,10,12-14,20,26H,4-5,9,11,15,24H2,(H,25,29)(H,30,31)/p+1. The molecular formula is C23H27N4O7S+. The first kappa shape index (κ1) is 25.9. The van der Waals surface area contributed by atoms with Gasteiger partial charge in [-0.25, -0.2) is 8.42 Å². The lowest BCUT2D eigenvalue weighted by atomic mass is 10.2. The fourth-order valence-electron chi connectivity index (χ4n) is 3.23. The number of sulfonamides is 1. The van der Waals surface area contributed by atoms with E-state index in [-0.39, 0.29) is 10.5 Å². The second-order valence-corrected chi connectivity index (χ2v) is 9.40. The lowest BCUT2D eigenvalue weighted by Crippen LogP contribution is -2.50. The van der Waals surface area contributed by atoms with E-state index in [4.69, 9.17) is 4.74 Å². The van der Waals surface area contributed by atoms with Gasteiger partial charge in [0.25, 0.3) is 11.5 Å². The highest BCUT2D eigenvalue weighted by Crippen LogP contribution is 2.15. The number of hydrogen-bond acceptors (Lipinski definition) is 6. The molecule has 0 saturated heterocycles. The van der Waals surface area contributed by atoms with Gasteiger partial charge in [0, 0.05) is 30.4 Å². The Labute approximate surface area is 201 Å². The first-order valence-electron chi connectivity index (χ1n) is 10.9. The van der Waals surface area contributed by atoms with Crippen LogP contribution in [0.5, 0.6) is 5.75 Å². The van der Waals surface area contributed by atoms with E-state index in [0.29, 0.717) is 17.9 Å². The third-order valence-electron chi connectivity index (χ3n) is 5.07. The summed E-state index contributed by atoms with van der Waals surface area (Å²) in [7, 11) is -4.12. The van der Waals surface area contributed by atoms with E-state index in [1.807, 2.05) is 0 Å². The van der Waals surface area contributed by atoms with E-state index in [1.54, 1.807) is 18.2 Å². The van der Waals surface area contributed by atoms with Gasteiger partial charge >= 0.3 is 5.97 Å². The molecule has 12 heteroatoms. The summed E-state index contributed by atoms with van der Waals surface area (Å²) in [6.45, 7) is 0.770. The molecule has 1 unspecified atom stereocenters. The SMILES string of the molecule is [NH3+]CCCCOc1ccn2c(=O)cc(C(=O)NCC(NS(=O)(=O)c3ccccc3)C(=O)O)cc2c1. The van der Waals surface area contributed by atoms with Crippen LogP contribution in [-0.4, -0.2) is 55.5 Å². The molecule has 0 aliphatic rings. The fourth-order valence-corrected chi connectivity index (χ4v) is 4.44. The molecule has 35 heavy (non-hydrogen) atoms. The molecule has 3 rings (SSSR count). The number of aliphatic carboxylic acids is 1. The van der Waals surface area contributed by atoms with Crippen LogP contribution in [0.2, 0.25) is 0 Å². The summed E-state index contributed by atoms with van der Waals surface area (Å²) in [5.74, 6) is -1.66. The number of aromatic nitrogens is 1. The Balaban J connectivity index is 1.72. The van der Waals surface area contributed by atoms with Gasteiger partial charge in [0.05, 0.1) is 23.6 Å². The van der Waals surface area contributed by atoms with E-state index in [2.05, 4.69) is 15.8 Å². The minimum atomic E-state index is -4.12. The second-order valence-electron chi connectivity index (χ2n) is 7.68. The largest absolute Gasteiger partial charge is 0.493 e. The molecule has 0 aliphatic carbocycles. The predicted molar refractivity (Wildman–Crippen MR) is 127 cm³/mol. The molecule has 0 saturated carbocycles. The van der Waals surface area contributed by atoms with Gasteiger partial charge in [0.1, 0.15) is 11.8 Å². The van der Waals surface area contributed by atoms with Crippen LogP contribution in [-0.2, 0) is 14.8 Å². The van der Waals surface area contributed by atoms with E-state index in [1.165, 1.54) is 40.9 Å². The molecule has 1 aromatic carbocycles. The zero-order chi connectivity index (χ0) is 25.4. The third kappa shape index (κ3) is 6.88. The maximum absolute atomic E-state index is 12.7. The Morgan fingerprint density at radius 1 is 1.09 bits per heavy atom. The number of nitrogens with one attached hydrogen (secondary N) is 2. The molecule has 1 amide bonds. The van der Waals surface area contributed by atoms with Crippen molar-refractivity contribution in [1.29, 1.82) is 0 Å². The molecule has 2 heterocycles. The average Bonchev–Trinajstić information content (AvgIpc) is 2.84. The summed E-state index contributed by atoms with van der Waals surface area (Å²) in [6, 6.07) is 11.5. The van der Waals surface area contributed by atoms with Crippen LogP contribution in [0.15, 0.2) is 70.5 Å². The van der Waals surface area contributed by atoms with Crippen LogP contribution in [0.4, 0.5) is 0 Å². The van der Waals surface area contributed by atoms with Crippen LogP contribution < -0.4 is 26.1 Å². The number of ether oxygens (including phenoxy) is 1.